The third-order valence-corrected chi connectivity index (χ3v) is 3.10. The van der Waals surface area contributed by atoms with Crippen molar-refractivity contribution in [3.05, 3.63) is 47.3 Å². The molecule has 1 N–H and O–H groups in total. The zero-order chi connectivity index (χ0) is 18.2. The van der Waals surface area contributed by atoms with Crippen molar-refractivity contribution in [2.45, 2.75) is 33.8 Å². The molecule has 0 bridgehead atoms. The Labute approximate surface area is 147 Å². The van der Waals surface area contributed by atoms with Gasteiger partial charge in [-0.2, -0.15) is 5.10 Å². The second kappa shape index (κ2) is 8.77. The van der Waals surface area contributed by atoms with Crippen molar-refractivity contribution in [3.63, 3.8) is 0 Å². The number of rotatable bonds is 7. The molecular weight excluding hydrogens is 320 g/mol. The highest BCUT2D eigenvalue weighted by Gasteiger charge is 2.12. The number of aryl methyl sites for hydroxylation is 1. The van der Waals surface area contributed by atoms with Crippen molar-refractivity contribution >= 4 is 18.1 Å². The molecule has 0 saturated heterocycles. The Bertz CT molecular complexity index is 742. The molecule has 0 amide bonds. The van der Waals surface area contributed by atoms with Crippen molar-refractivity contribution < 1.29 is 14.3 Å². The Morgan fingerprint density at radius 1 is 1.32 bits per heavy atom. The monoisotopic (exact) mass is 342 g/mol. The predicted octanol–water partition coefficient (Wildman–Crippen LogP) is 3.19. The Kier molecular flexibility index (Phi) is 6.45. The highest BCUT2D eigenvalue weighted by Crippen LogP contribution is 2.13. The first-order chi connectivity index (χ1) is 12.0. The van der Waals surface area contributed by atoms with Gasteiger partial charge in [-0.05, 0) is 57.5 Å². The number of hydrogen-bond acceptors (Lipinski definition) is 7. The maximum Gasteiger partial charge on any atom is 0.341 e. The summed E-state index contributed by atoms with van der Waals surface area (Å²) >= 11 is 0. The molecule has 0 unspecified atom stereocenters. The SMILES string of the molecule is CCOC(=O)c1cnc(NN=Cc2ccc(OC(C)C)cc2)nc1C. The molecule has 2 aromatic rings. The third-order valence-electron chi connectivity index (χ3n) is 3.10. The Morgan fingerprint density at radius 3 is 2.64 bits per heavy atom. The lowest BCUT2D eigenvalue weighted by molar-refractivity contribution is 0.0524. The van der Waals surface area contributed by atoms with E-state index in [2.05, 4.69) is 20.5 Å². The molecule has 0 aliphatic heterocycles. The molecule has 7 nitrogen and oxygen atoms in total. The standard InChI is InChI=1S/C18H22N4O3/c1-5-24-17(23)16-11-19-18(21-13(16)4)22-20-10-14-6-8-15(9-7-14)25-12(2)3/h6-12H,5H2,1-4H3,(H,19,21,22). The lowest BCUT2D eigenvalue weighted by Crippen LogP contribution is -2.10. The third kappa shape index (κ3) is 5.56. The number of hydrogen-bond donors (Lipinski definition) is 1. The number of nitrogens with zero attached hydrogens (tertiary/aromatic N) is 3. The average molecular weight is 342 g/mol. The number of nitrogens with one attached hydrogen (secondary N) is 1. The van der Waals surface area contributed by atoms with Gasteiger partial charge in [0.1, 0.15) is 5.75 Å². The Morgan fingerprint density at radius 2 is 2.04 bits per heavy atom. The van der Waals surface area contributed by atoms with Gasteiger partial charge >= 0.3 is 5.97 Å². The van der Waals surface area contributed by atoms with Crippen molar-refractivity contribution in [1.29, 1.82) is 0 Å². The average Bonchev–Trinajstić information content (AvgIpc) is 2.56. The van der Waals surface area contributed by atoms with Crippen LogP contribution in [0.3, 0.4) is 0 Å². The molecule has 0 aliphatic rings. The predicted molar refractivity (Wildman–Crippen MR) is 96.1 cm³/mol. The molecule has 0 atom stereocenters. The van der Waals surface area contributed by atoms with Crippen LogP contribution in [0.2, 0.25) is 0 Å². The van der Waals surface area contributed by atoms with Gasteiger partial charge in [-0.3, -0.25) is 0 Å². The van der Waals surface area contributed by atoms with Crippen LogP contribution in [0, 0.1) is 6.92 Å². The van der Waals surface area contributed by atoms with Gasteiger partial charge in [0.2, 0.25) is 5.95 Å². The first-order valence-electron chi connectivity index (χ1n) is 8.06. The maximum absolute atomic E-state index is 11.7. The summed E-state index contributed by atoms with van der Waals surface area (Å²) in [5.74, 6) is 0.689. The fraction of sp³-hybridized carbons (Fsp3) is 0.333. The van der Waals surface area contributed by atoms with E-state index in [9.17, 15) is 4.79 Å². The molecule has 7 heteroatoms. The summed E-state index contributed by atoms with van der Waals surface area (Å²) in [6.07, 6.45) is 3.21. The van der Waals surface area contributed by atoms with Crippen molar-refractivity contribution in [2.24, 2.45) is 5.10 Å². The number of aromatic nitrogens is 2. The zero-order valence-corrected chi connectivity index (χ0v) is 14.8. The van der Waals surface area contributed by atoms with Crippen LogP contribution in [-0.4, -0.2) is 34.9 Å². The molecule has 25 heavy (non-hydrogen) atoms. The van der Waals surface area contributed by atoms with Crippen molar-refractivity contribution in [3.8, 4) is 5.75 Å². The molecule has 0 radical (unpaired) electrons. The van der Waals surface area contributed by atoms with E-state index in [1.54, 1.807) is 20.1 Å². The number of benzene rings is 1. The number of ether oxygens (including phenoxy) is 2. The molecule has 1 aromatic carbocycles. The van der Waals surface area contributed by atoms with Crippen molar-refractivity contribution in [2.75, 3.05) is 12.0 Å². The van der Waals surface area contributed by atoms with E-state index in [4.69, 9.17) is 9.47 Å². The number of esters is 1. The summed E-state index contributed by atoms with van der Waals surface area (Å²) in [5, 5.41) is 4.10. The lowest BCUT2D eigenvalue weighted by Gasteiger charge is -2.09. The van der Waals surface area contributed by atoms with E-state index in [0.717, 1.165) is 11.3 Å². The van der Waals surface area contributed by atoms with E-state index < -0.39 is 5.97 Å². The van der Waals surface area contributed by atoms with E-state index in [-0.39, 0.29) is 6.10 Å². The van der Waals surface area contributed by atoms with Crippen LogP contribution in [0.4, 0.5) is 5.95 Å². The van der Waals surface area contributed by atoms with Crippen LogP contribution in [0.1, 0.15) is 42.4 Å². The first-order valence-corrected chi connectivity index (χ1v) is 8.06. The molecule has 132 valence electrons. The van der Waals surface area contributed by atoms with Gasteiger partial charge in [0.05, 0.1) is 30.2 Å². The topological polar surface area (TPSA) is 85.7 Å². The smallest absolute Gasteiger partial charge is 0.341 e. The van der Waals surface area contributed by atoms with Crippen LogP contribution in [0.15, 0.2) is 35.6 Å². The summed E-state index contributed by atoms with van der Waals surface area (Å²) in [4.78, 5) is 20.0. The zero-order valence-electron chi connectivity index (χ0n) is 14.8. The molecule has 0 spiro atoms. The van der Waals surface area contributed by atoms with E-state index in [0.29, 0.717) is 23.8 Å². The van der Waals surface area contributed by atoms with Gasteiger partial charge in [-0.15, -0.1) is 0 Å². The minimum atomic E-state index is -0.432. The summed E-state index contributed by atoms with van der Waals surface area (Å²) < 4.78 is 10.5. The van der Waals surface area contributed by atoms with Gasteiger partial charge < -0.3 is 9.47 Å². The number of hydrazone groups is 1. The highest BCUT2D eigenvalue weighted by molar-refractivity contribution is 5.90. The quantitative estimate of drug-likeness (QED) is 0.472. The Balaban J connectivity index is 1.97. The van der Waals surface area contributed by atoms with Gasteiger partial charge in [-0.1, -0.05) is 0 Å². The van der Waals surface area contributed by atoms with Crippen molar-refractivity contribution in [1.82, 2.24) is 9.97 Å². The first kappa shape index (κ1) is 18.4. The highest BCUT2D eigenvalue weighted by atomic mass is 16.5. The fourth-order valence-corrected chi connectivity index (χ4v) is 2.00. The summed E-state index contributed by atoms with van der Waals surface area (Å²) in [6.45, 7) is 7.74. The number of carbonyl (C=O) groups is 1. The minimum absolute atomic E-state index is 0.138. The van der Waals surface area contributed by atoms with Gasteiger partial charge in [0, 0.05) is 6.20 Å². The van der Waals surface area contributed by atoms with Crippen LogP contribution >= 0.6 is 0 Å². The van der Waals surface area contributed by atoms with E-state index in [1.165, 1.54) is 6.20 Å². The van der Waals surface area contributed by atoms with Crippen LogP contribution in [0.5, 0.6) is 5.75 Å². The molecule has 0 fully saturated rings. The largest absolute Gasteiger partial charge is 0.491 e. The second-order valence-electron chi connectivity index (χ2n) is 5.52. The van der Waals surface area contributed by atoms with Crippen LogP contribution in [-0.2, 0) is 4.74 Å². The number of anilines is 1. The van der Waals surface area contributed by atoms with Crippen LogP contribution < -0.4 is 10.2 Å². The number of carbonyl (C=O) groups excluding carboxylic acids is 1. The fourth-order valence-electron chi connectivity index (χ4n) is 2.00. The lowest BCUT2D eigenvalue weighted by atomic mass is 10.2. The summed E-state index contributed by atoms with van der Waals surface area (Å²) in [5.41, 5.74) is 4.52. The molecule has 0 aliphatic carbocycles. The van der Waals surface area contributed by atoms with Crippen LogP contribution in [0.25, 0.3) is 0 Å². The summed E-state index contributed by atoms with van der Waals surface area (Å²) in [7, 11) is 0. The van der Waals surface area contributed by atoms with Gasteiger partial charge in [0.15, 0.2) is 0 Å². The molecule has 1 aromatic heterocycles. The maximum atomic E-state index is 11.7. The van der Waals surface area contributed by atoms with E-state index in [1.807, 2.05) is 38.1 Å². The molecule has 1 heterocycles. The van der Waals surface area contributed by atoms with E-state index >= 15 is 0 Å². The molecular formula is C18H22N4O3. The molecule has 0 saturated carbocycles. The summed E-state index contributed by atoms with van der Waals surface area (Å²) in [6, 6.07) is 7.57. The molecule has 2 rings (SSSR count). The Hall–Kier alpha value is -2.96. The normalized spacial score (nSPS) is 10.9. The minimum Gasteiger partial charge on any atom is -0.491 e. The van der Waals surface area contributed by atoms with Gasteiger partial charge in [0.25, 0.3) is 0 Å². The van der Waals surface area contributed by atoms with Gasteiger partial charge in [-0.25, -0.2) is 20.2 Å². The second-order valence-corrected chi connectivity index (χ2v) is 5.52.